The molecule has 1 saturated heterocycles. The third-order valence-electron chi connectivity index (χ3n) is 4.77. The number of aliphatic hydroxyl groups is 1. The smallest absolute Gasteiger partial charge is 0.0693 e. The average Bonchev–Trinajstić information content (AvgIpc) is 2.88. The molecule has 0 aromatic heterocycles. The molecule has 0 unspecified atom stereocenters. The molecule has 1 aliphatic carbocycles. The summed E-state index contributed by atoms with van der Waals surface area (Å²) >= 11 is 0. The Morgan fingerprint density at radius 2 is 1.80 bits per heavy atom. The molecule has 1 heterocycles. The van der Waals surface area contributed by atoms with Gasteiger partial charge in [0.25, 0.3) is 0 Å². The summed E-state index contributed by atoms with van der Waals surface area (Å²) in [6.45, 7) is 3.39. The lowest BCUT2D eigenvalue weighted by Crippen LogP contribution is -2.48. The van der Waals surface area contributed by atoms with Crippen molar-refractivity contribution in [2.75, 3.05) is 13.1 Å². The molecule has 1 saturated carbocycles. The van der Waals surface area contributed by atoms with E-state index in [9.17, 15) is 5.11 Å². The van der Waals surface area contributed by atoms with E-state index in [1.54, 1.807) is 0 Å². The predicted molar refractivity (Wildman–Crippen MR) is 81.5 cm³/mol. The van der Waals surface area contributed by atoms with Crippen molar-refractivity contribution in [1.29, 1.82) is 0 Å². The van der Waals surface area contributed by atoms with Crippen LogP contribution in [0.5, 0.6) is 0 Å². The zero-order chi connectivity index (χ0) is 13.8. The highest BCUT2D eigenvalue weighted by molar-refractivity contribution is 5.14. The topological polar surface area (TPSA) is 35.5 Å². The van der Waals surface area contributed by atoms with Gasteiger partial charge in [-0.25, -0.2) is 0 Å². The number of rotatable bonds is 4. The molecule has 0 amide bonds. The van der Waals surface area contributed by atoms with Gasteiger partial charge < -0.3 is 10.4 Å². The highest BCUT2D eigenvalue weighted by Gasteiger charge is 2.28. The molecule has 0 radical (unpaired) electrons. The molecule has 2 N–H and O–H groups in total. The van der Waals surface area contributed by atoms with Crippen LogP contribution in [0.4, 0.5) is 0 Å². The Hall–Kier alpha value is -0.900. The molecule has 0 spiro atoms. The first kappa shape index (κ1) is 14.1. The Morgan fingerprint density at radius 3 is 2.45 bits per heavy atom. The molecular formula is C17H26N2O. The van der Waals surface area contributed by atoms with E-state index in [1.165, 1.54) is 24.8 Å². The summed E-state index contributed by atoms with van der Waals surface area (Å²) in [5.41, 5.74) is 1.41. The Kier molecular flexibility index (Phi) is 4.71. The maximum absolute atomic E-state index is 9.89. The summed E-state index contributed by atoms with van der Waals surface area (Å²) in [6.07, 6.45) is 5.59. The molecule has 2 atom stereocenters. The number of benzene rings is 1. The Balaban J connectivity index is 1.43. The van der Waals surface area contributed by atoms with E-state index >= 15 is 0 Å². The van der Waals surface area contributed by atoms with Gasteiger partial charge in [-0.1, -0.05) is 30.3 Å². The van der Waals surface area contributed by atoms with E-state index in [1.807, 2.05) is 0 Å². The van der Waals surface area contributed by atoms with Crippen molar-refractivity contribution in [2.45, 2.75) is 56.8 Å². The van der Waals surface area contributed by atoms with Crippen LogP contribution in [0.15, 0.2) is 30.3 Å². The number of aliphatic hydroxyl groups excluding tert-OH is 1. The lowest BCUT2D eigenvalue weighted by Gasteiger charge is -2.34. The minimum atomic E-state index is -0.114. The third-order valence-corrected chi connectivity index (χ3v) is 4.77. The number of hydrogen-bond donors (Lipinski definition) is 2. The third kappa shape index (κ3) is 3.60. The Labute approximate surface area is 122 Å². The summed E-state index contributed by atoms with van der Waals surface area (Å²) in [6, 6.07) is 11.7. The van der Waals surface area contributed by atoms with Crippen molar-refractivity contribution >= 4 is 0 Å². The molecule has 3 rings (SSSR count). The van der Waals surface area contributed by atoms with Crippen LogP contribution in [0, 0.1) is 0 Å². The fourth-order valence-corrected chi connectivity index (χ4v) is 3.54. The van der Waals surface area contributed by atoms with Gasteiger partial charge >= 0.3 is 0 Å². The van der Waals surface area contributed by atoms with Gasteiger partial charge in [-0.05, 0) is 50.8 Å². The van der Waals surface area contributed by atoms with Crippen LogP contribution >= 0.6 is 0 Å². The van der Waals surface area contributed by atoms with Crippen molar-refractivity contribution in [3.8, 4) is 0 Å². The zero-order valence-corrected chi connectivity index (χ0v) is 12.2. The minimum Gasteiger partial charge on any atom is -0.392 e. The average molecular weight is 274 g/mol. The molecule has 110 valence electrons. The fourth-order valence-electron chi connectivity index (χ4n) is 3.54. The summed E-state index contributed by atoms with van der Waals surface area (Å²) in [5.74, 6) is 0. The summed E-state index contributed by atoms with van der Waals surface area (Å²) in [7, 11) is 0. The predicted octanol–water partition coefficient (Wildman–Crippen LogP) is 2.15. The van der Waals surface area contributed by atoms with Gasteiger partial charge in [-0.15, -0.1) is 0 Å². The van der Waals surface area contributed by atoms with Crippen LogP contribution in [0.25, 0.3) is 0 Å². The number of hydrogen-bond acceptors (Lipinski definition) is 3. The van der Waals surface area contributed by atoms with Crippen molar-refractivity contribution in [1.82, 2.24) is 10.2 Å². The van der Waals surface area contributed by atoms with Gasteiger partial charge in [-0.3, -0.25) is 4.90 Å². The van der Waals surface area contributed by atoms with Crippen LogP contribution in [0.1, 0.15) is 37.7 Å². The first-order valence-corrected chi connectivity index (χ1v) is 8.01. The molecule has 20 heavy (non-hydrogen) atoms. The summed E-state index contributed by atoms with van der Waals surface area (Å²) in [4.78, 5) is 2.54. The van der Waals surface area contributed by atoms with Gasteiger partial charge in [0.1, 0.15) is 0 Å². The quantitative estimate of drug-likeness (QED) is 0.883. The maximum Gasteiger partial charge on any atom is 0.0693 e. The highest BCUT2D eigenvalue weighted by Crippen LogP contribution is 2.21. The van der Waals surface area contributed by atoms with Gasteiger partial charge in [0.15, 0.2) is 0 Å². The fraction of sp³-hybridized carbons (Fsp3) is 0.647. The molecule has 2 aliphatic rings. The van der Waals surface area contributed by atoms with Gasteiger partial charge in [0, 0.05) is 18.6 Å². The number of piperidine rings is 1. The number of nitrogens with one attached hydrogen (secondary N) is 1. The largest absolute Gasteiger partial charge is 0.392 e. The Morgan fingerprint density at radius 1 is 1.05 bits per heavy atom. The number of likely N-dealkylation sites (tertiary alicyclic amines) is 1. The normalized spacial score (nSPS) is 28.9. The molecule has 3 nitrogen and oxygen atoms in total. The van der Waals surface area contributed by atoms with E-state index in [0.717, 1.165) is 32.5 Å². The van der Waals surface area contributed by atoms with Crippen LogP contribution in [0.2, 0.25) is 0 Å². The first-order valence-electron chi connectivity index (χ1n) is 8.01. The van der Waals surface area contributed by atoms with Crippen LogP contribution in [-0.2, 0) is 6.54 Å². The van der Waals surface area contributed by atoms with Crippen molar-refractivity contribution in [3.05, 3.63) is 35.9 Å². The van der Waals surface area contributed by atoms with E-state index in [-0.39, 0.29) is 6.10 Å². The second-order valence-electron chi connectivity index (χ2n) is 6.31. The van der Waals surface area contributed by atoms with Crippen molar-refractivity contribution in [3.63, 3.8) is 0 Å². The molecular weight excluding hydrogens is 248 g/mol. The zero-order valence-electron chi connectivity index (χ0n) is 12.2. The molecule has 0 bridgehead atoms. The molecule has 2 fully saturated rings. The molecule has 1 aromatic rings. The van der Waals surface area contributed by atoms with E-state index in [0.29, 0.717) is 12.1 Å². The van der Waals surface area contributed by atoms with Crippen LogP contribution < -0.4 is 5.32 Å². The van der Waals surface area contributed by atoms with Crippen LogP contribution in [-0.4, -0.2) is 41.3 Å². The van der Waals surface area contributed by atoms with Gasteiger partial charge in [0.05, 0.1) is 6.10 Å². The summed E-state index contributed by atoms with van der Waals surface area (Å²) in [5, 5.41) is 13.6. The number of nitrogens with zero attached hydrogens (tertiary/aromatic N) is 1. The second kappa shape index (κ2) is 6.70. The molecule has 1 aromatic carbocycles. The minimum absolute atomic E-state index is 0.114. The standard InChI is InChI=1S/C17H26N2O/c20-17-8-4-7-16(17)18-15-9-11-19(12-10-15)13-14-5-2-1-3-6-14/h1-3,5-6,15-18,20H,4,7-13H2/t16-,17-/m0/s1. The first-order chi connectivity index (χ1) is 9.81. The lowest BCUT2D eigenvalue weighted by molar-refractivity contribution is 0.125. The van der Waals surface area contributed by atoms with E-state index < -0.39 is 0 Å². The van der Waals surface area contributed by atoms with Gasteiger partial charge in [0.2, 0.25) is 0 Å². The van der Waals surface area contributed by atoms with Crippen molar-refractivity contribution < 1.29 is 5.11 Å². The lowest BCUT2D eigenvalue weighted by atomic mass is 10.0. The monoisotopic (exact) mass is 274 g/mol. The summed E-state index contributed by atoms with van der Waals surface area (Å²) < 4.78 is 0. The van der Waals surface area contributed by atoms with Crippen molar-refractivity contribution in [2.24, 2.45) is 0 Å². The van der Waals surface area contributed by atoms with E-state index in [4.69, 9.17) is 0 Å². The van der Waals surface area contributed by atoms with Crippen LogP contribution in [0.3, 0.4) is 0 Å². The second-order valence-corrected chi connectivity index (χ2v) is 6.31. The van der Waals surface area contributed by atoms with Gasteiger partial charge in [-0.2, -0.15) is 0 Å². The molecule has 3 heteroatoms. The maximum atomic E-state index is 9.89. The molecule has 1 aliphatic heterocycles. The van der Waals surface area contributed by atoms with E-state index in [2.05, 4.69) is 40.5 Å². The SMILES string of the molecule is O[C@H]1CCC[C@@H]1NC1CCN(Cc2ccccc2)CC1. The highest BCUT2D eigenvalue weighted by atomic mass is 16.3. The Bertz CT molecular complexity index is 401.